The van der Waals surface area contributed by atoms with Crippen molar-refractivity contribution in [1.82, 2.24) is 14.5 Å². The Bertz CT molecular complexity index is 486. The van der Waals surface area contributed by atoms with Gasteiger partial charge in [-0.3, -0.25) is 4.79 Å². The minimum atomic E-state index is 0.200. The zero-order chi connectivity index (χ0) is 13.1. The van der Waals surface area contributed by atoms with Gasteiger partial charge in [-0.1, -0.05) is 19.9 Å². The highest BCUT2D eigenvalue weighted by Crippen LogP contribution is 2.26. The Labute approximate surface area is 107 Å². The van der Waals surface area contributed by atoms with Crippen LogP contribution in [0.3, 0.4) is 0 Å². The largest absolute Gasteiger partial charge is 0.359 e. The zero-order valence-corrected chi connectivity index (χ0v) is 10.9. The van der Waals surface area contributed by atoms with Gasteiger partial charge >= 0.3 is 0 Å². The minimum Gasteiger partial charge on any atom is -0.359 e. The van der Waals surface area contributed by atoms with E-state index >= 15 is 0 Å². The summed E-state index contributed by atoms with van der Waals surface area (Å²) in [5.41, 5.74) is 0.829. The summed E-state index contributed by atoms with van der Waals surface area (Å²) in [7, 11) is 1.86. The summed E-state index contributed by atoms with van der Waals surface area (Å²) in [6.07, 6.45) is 4.50. The van der Waals surface area contributed by atoms with Gasteiger partial charge in [0.25, 0.3) is 5.82 Å². The number of nitrogens with zero attached hydrogens (tertiary/aromatic N) is 4. The molecule has 5 heteroatoms. The molecule has 1 unspecified atom stereocenters. The van der Waals surface area contributed by atoms with Crippen LogP contribution >= 0.6 is 0 Å². The molecule has 0 bridgehead atoms. The number of imidazole rings is 1. The summed E-state index contributed by atoms with van der Waals surface area (Å²) < 4.78 is 1.83. The third kappa shape index (κ3) is 2.37. The lowest BCUT2D eigenvalue weighted by Gasteiger charge is -2.17. The number of rotatable bonds is 4. The van der Waals surface area contributed by atoms with Crippen LogP contribution in [0.15, 0.2) is 6.33 Å². The van der Waals surface area contributed by atoms with E-state index in [4.69, 9.17) is 6.57 Å². The highest BCUT2D eigenvalue weighted by Gasteiger charge is 2.29. The average molecular weight is 246 g/mol. The number of likely N-dealkylation sites (tertiary alicyclic amines) is 1. The van der Waals surface area contributed by atoms with E-state index in [1.165, 1.54) is 0 Å². The molecule has 2 heterocycles. The summed E-state index contributed by atoms with van der Waals surface area (Å²) in [5.74, 6) is 1.09. The van der Waals surface area contributed by atoms with Crippen LogP contribution in [-0.2, 0) is 18.4 Å². The number of carbonyl (C=O) groups is 1. The van der Waals surface area contributed by atoms with Gasteiger partial charge in [0.2, 0.25) is 5.91 Å². The molecule has 2 rings (SSSR count). The fourth-order valence-corrected chi connectivity index (χ4v) is 2.51. The molecule has 0 radical (unpaired) electrons. The molecular formula is C13H18N4O. The van der Waals surface area contributed by atoms with E-state index in [2.05, 4.69) is 16.8 Å². The Hall–Kier alpha value is -1.83. The Kier molecular flexibility index (Phi) is 3.66. The first-order valence-electron chi connectivity index (χ1n) is 6.31. The molecule has 1 aliphatic heterocycles. The summed E-state index contributed by atoms with van der Waals surface area (Å²) in [6.45, 7) is 10.5. The molecule has 0 aromatic carbocycles. The molecule has 1 fully saturated rings. The van der Waals surface area contributed by atoms with Gasteiger partial charge in [-0.25, -0.2) is 0 Å². The van der Waals surface area contributed by atoms with E-state index in [0.29, 0.717) is 24.7 Å². The monoisotopic (exact) mass is 246 g/mol. The van der Waals surface area contributed by atoms with E-state index in [-0.39, 0.29) is 5.91 Å². The Balaban J connectivity index is 2.08. The number of aromatic nitrogens is 2. The van der Waals surface area contributed by atoms with Gasteiger partial charge in [0, 0.05) is 20.0 Å². The standard InChI is InChI=1S/C13H18N4O/c1-4-5-10-6-12(18)17(7-10)8-11-13(14-2)15-9-16(11)3/h9-10H,4-8H2,1,3H3. The van der Waals surface area contributed by atoms with Gasteiger partial charge in [0.05, 0.1) is 12.2 Å². The molecular weight excluding hydrogens is 228 g/mol. The van der Waals surface area contributed by atoms with Gasteiger partial charge in [0.1, 0.15) is 0 Å². The van der Waals surface area contributed by atoms with Crippen LogP contribution in [0.1, 0.15) is 31.9 Å². The Morgan fingerprint density at radius 2 is 2.39 bits per heavy atom. The van der Waals surface area contributed by atoms with Crippen molar-refractivity contribution in [1.29, 1.82) is 0 Å². The molecule has 0 aliphatic carbocycles. The molecule has 1 amide bonds. The molecule has 1 aliphatic rings. The number of aryl methyl sites for hydroxylation is 1. The van der Waals surface area contributed by atoms with E-state index in [1.54, 1.807) is 6.33 Å². The number of carbonyl (C=O) groups excluding carboxylic acids is 1. The molecule has 1 atom stereocenters. The van der Waals surface area contributed by atoms with Crippen molar-refractivity contribution >= 4 is 11.7 Å². The van der Waals surface area contributed by atoms with Crippen molar-refractivity contribution < 1.29 is 4.79 Å². The first-order chi connectivity index (χ1) is 8.65. The van der Waals surface area contributed by atoms with Crippen molar-refractivity contribution in [3.63, 3.8) is 0 Å². The first kappa shape index (κ1) is 12.6. The third-order valence-electron chi connectivity index (χ3n) is 3.48. The molecule has 1 aromatic rings. The number of hydrogen-bond acceptors (Lipinski definition) is 2. The Morgan fingerprint density at radius 3 is 3.06 bits per heavy atom. The van der Waals surface area contributed by atoms with Crippen LogP contribution in [0.25, 0.3) is 4.85 Å². The number of amides is 1. The fraction of sp³-hybridized carbons (Fsp3) is 0.615. The predicted molar refractivity (Wildman–Crippen MR) is 67.9 cm³/mol. The summed E-state index contributed by atoms with van der Waals surface area (Å²) >= 11 is 0. The second kappa shape index (κ2) is 5.21. The minimum absolute atomic E-state index is 0.200. The Morgan fingerprint density at radius 1 is 1.61 bits per heavy atom. The quantitative estimate of drug-likeness (QED) is 0.764. The van der Waals surface area contributed by atoms with Crippen LogP contribution < -0.4 is 0 Å². The maximum atomic E-state index is 11.9. The molecule has 5 nitrogen and oxygen atoms in total. The highest BCUT2D eigenvalue weighted by molar-refractivity contribution is 5.78. The normalized spacial score (nSPS) is 19.3. The van der Waals surface area contributed by atoms with Crippen LogP contribution in [0, 0.1) is 12.5 Å². The number of hydrogen-bond donors (Lipinski definition) is 0. The topological polar surface area (TPSA) is 42.5 Å². The first-order valence-corrected chi connectivity index (χ1v) is 6.31. The SMILES string of the molecule is [C-]#[N+]c1ncn(C)c1CN1CC(CCC)CC1=O. The lowest BCUT2D eigenvalue weighted by Crippen LogP contribution is -2.25. The van der Waals surface area contributed by atoms with Gasteiger partial charge in [-0.2, -0.15) is 0 Å². The summed E-state index contributed by atoms with van der Waals surface area (Å²) in [5, 5.41) is 0. The van der Waals surface area contributed by atoms with E-state index in [9.17, 15) is 4.79 Å². The highest BCUT2D eigenvalue weighted by atomic mass is 16.2. The van der Waals surface area contributed by atoms with Crippen LogP contribution in [0.5, 0.6) is 0 Å². The third-order valence-corrected chi connectivity index (χ3v) is 3.48. The van der Waals surface area contributed by atoms with Crippen molar-refractivity contribution in [2.75, 3.05) is 6.54 Å². The predicted octanol–water partition coefficient (Wildman–Crippen LogP) is 2.12. The lowest BCUT2D eigenvalue weighted by molar-refractivity contribution is -0.128. The van der Waals surface area contributed by atoms with Crippen molar-refractivity contribution in [2.24, 2.45) is 13.0 Å². The van der Waals surface area contributed by atoms with E-state index in [1.807, 2.05) is 16.5 Å². The molecule has 18 heavy (non-hydrogen) atoms. The van der Waals surface area contributed by atoms with Gasteiger partial charge in [0.15, 0.2) is 6.33 Å². The molecule has 96 valence electrons. The van der Waals surface area contributed by atoms with Crippen LogP contribution in [-0.4, -0.2) is 26.9 Å². The summed E-state index contributed by atoms with van der Waals surface area (Å²) in [6, 6.07) is 0. The summed E-state index contributed by atoms with van der Waals surface area (Å²) in [4.78, 5) is 21.2. The zero-order valence-electron chi connectivity index (χ0n) is 10.9. The second-order valence-corrected chi connectivity index (χ2v) is 4.87. The van der Waals surface area contributed by atoms with Gasteiger partial charge < -0.3 is 14.3 Å². The molecule has 0 spiro atoms. The van der Waals surface area contributed by atoms with E-state index in [0.717, 1.165) is 25.1 Å². The van der Waals surface area contributed by atoms with E-state index < -0.39 is 0 Å². The average Bonchev–Trinajstić information content (AvgIpc) is 2.86. The second-order valence-electron chi connectivity index (χ2n) is 4.87. The van der Waals surface area contributed by atoms with Crippen molar-refractivity contribution in [2.45, 2.75) is 32.7 Å². The lowest BCUT2D eigenvalue weighted by atomic mass is 10.0. The van der Waals surface area contributed by atoms with Crippen molar-refractivity contribution in [3.05, 3.63) is 23.4 Å². The maximum absolute atomic E-state index is 11.9. The molecule has 0 saturated carbocycles. The molecule has 0 N–H and O–H groups in total. The van der Waals surface area contributed by atoms with Gasteiger partial charge in [-0.05, 0) is 12.3 Å². The molecule has 1 saturated heterocycles. The maximum Gasteiger partial charge on any atom is 0.292 e. The smallest absolute Gasteiger partial charge is 0.292 e. The van der Waals surface area contributed by atoms with Crippen LogP contribution in [0.4, 0.5) is 5.82 Å². The van der Waals surface area contributed by atoms with Gasteiger partial charge in [-0.15, -0.1) is 4.98 Å². The fourth-order valence-electron chi connectivity index (χ4n) is 2.51. The van der Waals surface area contributed by atoms with Crippen LogP contribution in [0.2, 0.25) is 0 Å². The van der Waals surface area contributed by atoms with Crippen molar-refractivity contribution in [3.8, 4) is 0 Å². The molecule has 1 aromatic heterocycles.